The molecule has 2 heterocycles. The van der Waals surface area contributed by atoms with E-state index in [0.717, 1.165) is 28.9 Å². The lowest BCUT2D eigenvalue weighted by Crippen LogP contribution is -2.36. The SMILES string of the molecule is CC(=O)N1CCc2cc(S(=O)(=O)CCC(=O)N3c4ccccc4C[C@@H]3C)ccc21. The topological polar surface area (TPSA) is 74.8 Å². The van der Waals surface area contributed by atoms with E-state index in [1.54, 1.807) is 21.9 Å². The summed E-state index contributed by atoms with van der Waals surface area (Å²) in [4.78, 5) is 28.1. The number of nitrogens with zero attached hydrogens (tertiary/aromatic N) is 2. The summed E-state index contributed by atoms with van der Waals surface area (Å²) in [5, 5.41) is 0. The minimum Gasteiger partial charge on any atom is -0.312 e. The molecule has 0 saturated heterocycles. The van der Waals surface area contributed by atoms with Gasteiger partial charge < -0.3 is 9.80 Å². The highest BCUT2D eigenvalue weighted by atomic mass is 32.2. The Morgan fingerprint density at radius 3 is 2.59 bits per heavy atom. The number of carbonyl (C=O) groups is 2. The number of carbonyl (C=O) groups excluding carboxylic acids is 2. The second kappa shape index (κ2) is 7.30. The van der Waals surface area contributed by atoms with Crippen molar-refractivity contribution in [2.75, 3.05) is 22.1 Å². The number of hydrogen-bond acceptors (Lipinski definition) is 4. The zero-order valence-corrected chi connectivity index (χ0v) is 17.4. The standard InChI is InChI=1S/C22H24N2O4S/c1-15-13-17-5-3-4-6-21(17)24(15)22(26)10-12-29(27,28)19-7-8-20-18(14-19)9-11-23(20)16(2)25/h3-8,14-15H,9-13H2,1-2H3/t15-/m0/s1. The highest BCUT2D eigenvalue weighted by molar-refractivity contribution is 7.91. The van der Waals surface area contributed by atoms with Crippen LogP contribution in [0.2, 0.25) is 0 Å². The summed E-state index contributed by atoms with van der Waals surface area (Å²) in [6.07, 6.45) is 1.36. The van der Waals surface area contributed by atoms with Crippen molar-refractivity contribution in [2.24, 2.45) is 0 Å². The van der Waals surface area contributed by atoms with Crippen LogP contribution in [0.15, 0.2) is 47.4 Å². The minimum absolute atomic E-state index is 0.0279. The number of fused-ring (bicyclic) bond motifs is 2. The lowest BCUT2D eigenvalue weighted by atomic mass is 10.1. The molecule has 29 heavy (non-hydrogen) atoms. The van der Waals surface area contributed by atoms with Crippen LogP contribution in [-0.2, 0) is 32.3 Å². The maximum atomic E-state index is 12.8. The molecular weight excluding hydrogens is 388 g/mol. The number of rotatable bonds is 4. The summed E-state index contributed by atoms with van der Waals surface area (Å²) in [7, 11) is -3.59. The third kappa shape index (κ3) is 3.55. The van der Waals surface area contributed by atoms with Crippen LogP contribution < -0.4 is 9.80 Å². The summed E-state index contributed by atoms with van der Waals surface area (Å²) in [6.45, 7) is 4.05. The first-order valence-corrected chi connectivity index (χ1v) is 11.5. The molecule has 7 heteroatoms. The number of amides is 2. The summed E-state index contributed by atoms with van der Waals surface area (Å²) in [6, 6.07) is 12.7. The monoisotopic (exact) mass is 412 g/mol. The van der Waals surface area contributed by atoms with E-state index in [4.69, 9.17) is 0 Å². The Labute approximate surface area is 171 Å². The molecule has 152 valence electrons. The molecule has 0 radical (unpaired) electrons. The molecule has 0 aromatic heterocycles. The average molecular weight is 413 g/mol. The van der Waals surface area contributed by atoms with Gasteiger partial charge >= 0.3 is 0 Å². The van der Waals surface area contributed by atoms with E-state index in [0.29, 0.717) is 13.0 Å². The molecule has 0 fully saturated rings. The van der Waals surface area contributed by atoms with Gasteiger partial charge in [0.25, 0.3) is 0 Å². The Morgan fingerprint density at radius 1 is 1.07 bits per heavy atom. The normalized spacial score (nSPS) is 17.9. The third-order valence-corrected chi connectivity index (χ3v) is 7.46. The van der Waals surface area contributed by atoms with Crippen molar-refractivity contribution >= 4 is 33.0 Å². The summed E-state index contributed by atoms with van der Waals surface area (Å²) >= 11 is 0. The number of benzene rings is 2. The first kappa shape index (κ1) is 19.6. The second-order valence-corrected chi connectivity index (χ2v) is 9.83. The van der Waals surface area contributed by atoms with Crippen LogP contribution >= 0.6 is 0 Å². The van der Waals surface area contributed by atoms with E-state index in [-0.39, 0.29) is 34.9 Å². The molecular formula is C22H24N2O4S. The largest absolute Gasteiger partial charge is 0.312 e. The van der Waals surface area contributed by atoms with E-state index in [1.165, 1.54) is 13.0 Å². The Balaban J connectivity index is 1.49. The van der Waals surface area contributed by atoms with Crippen LogP contribution in [0.5, 0.6) is 0 Å². The Kier molecular flexibility index (Phi) is 4.94. The summed E-state index contributed by atoms with van der Waals surface area (Å²) in [5.74, 6) is -0.452. The quantitative estimate of drug-likeness (QED) is 0.774. The Morgan fingerprint density at radius 2 is 1.83 bits per heavy atom. The van der Waals surface area contributed by atoms with Gasteiger partial charge in [-0.25, -0.2) is 8.42 Å². The molecule has 0 spiro atoms. The number of para-hydroxylation sites is 1. The molecule has 2 amide bonds. The minimum atomic E-state index is -3.59. The van der Waals surface area contributed by atoms with E-state index < -0.39 is 9.84 Å². The van der Waals surface area contributed by atoms with Gasteiger partial charge in [0.1, 0.15) is 0 Å². The van der Waals surface area contributed by atoms with Crippen molar-refractivity contribution in [3.63, 3.8) is 0 Å². The summed E-state index contributed by atoms with van der Waals surface area (Å²) in [5.41, 5.74) is 3.62. The highest BCUT2D eigenvalue weighted by Gasteiger charge is 2.31. The van der Waals surface area contributed by atoms with Crippen molar-refractivity contribution in [1.82, 2.24) is 0 Å². The average Bonchev–Trinajstić information content (AvgIpc) is 3.25. The van der Waals surface area contributed by atoms with Crippen LogP contribution in [0.4, 0.5) is 11.4 Å². The molecule has 0 unspecified atom stereocenters. The van der Waals surface area contributed by atoms with Gasteiger partial charge in [0.15, 0.2) is 9.84 Å². The zero-order chi connectivity index (χ0) is 20.8. The fourth-order valence-corrected chi connectivity index (χ4v) is 5.58. The summed E-state index contributed by atoms with van der Waals surface area (Å²) < 4.78 is 25.7. The Bertz CT molecular complexity index is 1090. The van der Waals surface area contributed by atoms with Gasteiger partial charge in [0, 0.05) is 37.3 Å². The molecule has 0 aliphatic carbocycles. The van der Waals surface area contributed by atoms with Gasteiger partial charge in [-0.2, -0.15) is 0 Å². The molecule has 0 N–H and O–H groups in total. The molecule has 1 atom stereocenters. The predicted octanol–water partition coefficient (Wildman–Crippen LogP) is 2.74. The van der Waals surface area contributed by atoms with E-state index in [2.05, 4.69) is 0 Å². The zero-order valence-electron chi connectivity index (χ0n) is 16.6. The molecule has 2 aromatic carbocycles. The first-order chi connectivity index (χ1) is 13.8. The Hall–Kier alpha value is -2.67. The van der Waals surface area contributed by atoms with E-state index >= 15 is 0 Å². The molecule has 2 aromatic rings. The highest BCUT2D eigenvalue weighted by Crippen LogP contribution is 2.33. The maximum absolute atomic E-state index is 12.8. The van der Waals surface area contributed by atoms with E-state index in [1.807, 2.05) is 31.2 Å². The van der Waals surface area contributed by atoms with Crippen LogP contribution in [-0.4, -0.2) is 38.6 Å². The van der Waals surface area contributed by atoms with Crippen molar-refractivity contribution in [2.45, 2.75) is 44.0 Å². The van der Waals surface area contributed by atoms with Gasteiger partial charge in [-0.05, 0) is 55.2 Å². The number of hydrogen-bond donors (Lipinski definition) is 0. The van der Waals surface area contributed by atoms with Crippen LogP contribution in [0.3, 0.4) is 0 Å². The van der Waals surface area contributed by atoms with Crippen LogP contribution in [0, 0.1) is 0 Å². The van der Waals surface area contributed by atoms with Crippen molar-refractivity contribution < 1.29 is 18.0 Å². The second-order valence-electron chi connectivity index (χ2n) is 7.73. The molecule has 0 bridgehead atoms. The van der Waals surface area contributed by atoms with Gasteiger partial charge in [-0.1, -0.05) is 18.2 Å². The maximum Gasteiger partial charge on any atom is 0.228 e. The predicted molar refractivity (Wildman–Crippen MR) is 112 cm³/mol. The smallest absolute Gasteiger partial charge is 0.228 e. The molecule has 2 aliphatic rings. The van der Waals surface area contributed by atoms with Crippen LogP contribution in [0.25, 0.3) is 0 Å². The first-order valence-electron chi connectivity index (χ1n) is 9.81. The fraction of sp³-hybridized carbons (Fsp3) is 0.364. The van der Waals surface area contributed by atoms with Gasteiger partial charge in [-0.3, -0.25) is 9.59 Å². The molecule has 6 nitrogen and oxygen atoms in total. The van der Waals surface area contributed by atoms with Crippen molar-refractivity contribution in [1.29, 1.82) is 0 Å². The van der Waals surface area contributed by atoms with Gasteiger partial charge in [0.05, 0.1) is 10.6 Å². The third-order valence-electron chi connectivity index (χ3n) is 5.75. The number of sulfone groups is 1. The van der Waals surface area contributed by atoms with Crippen molar-refractivity contribution in [3.05, 3.63) is 53.6 Å². The van der Waals surface area contributed by atoms with Gasteiger partial charge in [0.2, 0.25) is 11.8 Å². The van der Waals surface area contributed by atoms with Crippen LogP contribution in [0.1, 0.15) is 31.4 Å². The molecule has 2 aliphatic heterocycles. The molecule has 4 rings (SSSR count). The fourth-order valence-electron chi connectivity index (χ4n) is 4.30. The lowest BCUT2D eigenvalue weighted by molar-refractivity contribution is -0.118. The molecule has 0 saturated carbocycles. The van der Waals surface area contributed by atoms with Gasteiger partial charge in [-0.15, -0.1) is 0 Å². The number of anilines is 2. The van der Waals surface area contributed by atoms with Crippen molar-refractivity contribution in [3.8, 4) is 0 Å². The lowest BCUT2D eigenvalue weighted by Gasteiger charge is -2.22. The van der Waals surface area contributed by atoms with E-state index in [9.17, 15) is 18.0 Å².